The maximum Gasteiger partial charge on any atom is 0.293 e. The van der Waals surface area contributed by atoms with E-state index < -0.39 is 0 Å². The van der Waals surface area contributed by atoms with Crippen molar-refractivity contribution in [1.82, 2.24) is 14.5 Å². The maximum atomic E-state index is 12.5. The van der Waals surface area contributed by atoms with Gasteiger partial charge in [-0.15, -0.1) is 0 Å². The number of anilines is 1. The van der Waals surface area contributed by atoms with Gasteiger partial charge >= 0.3 is 0 Å². The highest BCUT2D eigenvalue weighted by molar-refractivity contribution is 5.32. The summed E-state index contributed by atoms with van der Waals surface area (Å²) in [5.74, 6) is 1.36. The smallest absolute Gasteiger partial charge is 0.293 e. The minimum Gasteiger partial charge on any atom is -0.492 e. The number of nitrogens with one attached hydrogen (secondary N) is 1. The number of para-hydroxylation sites is 1. The van der Waals surface area contributed by atoms with Crippen molar-refractivity contribution < 1.29 is 4.74 Å². The van der Waals surface area contributed by atoms with Crippen LogP contribution in [0.5, 0.6) is 5.75 Å². The molecule has 3 N–H and O–H groups in total. The summed E-state index contributed by atoms with van der Waals surface area (Å²) in [4.78, 5) is 19.1. The molecule has 1 aliphatic rings. The Hall–Kier alpha value is -2.38. The van der Waals surface area contributed by atoms with Crippen LogP contribution in [0.4, 0.5) is 5.82 Å². The Labute approximate surface area is 160 Å². The van der Waals surface area contributed by atoms with Gasteiger partial charge in [0.05, 0.1) is 0 Å². The molecule has 1 aliphatic heterocycles. The Morgan fingerprint density at radius 3 is 2.70 bits per heavy atom. The molecule has 7 nitrogen and oxygen atoms in total. The summed E-state index contributed by atoms with van der Waals surface area (Å²) in [6, 6.07) is 10.2. The minimum atomic E-state index is -0.0651. The molecule has 1 aromatic carbocycles. The average Bonchev–Trinajstić information content (AvgIpc) is 2.71. The third-order valence-electron chi connectivity index (χ3n) is 4.86. The van der Waals surface area contributed by atoms with Gasteiger partial charge in [-0.05, 0) is 37.9 Å². The van der Waals surface area contributed by atoms with E-state index in [1.54, 1.807) is 17.0 Å². The van der Waals surface area contributed by atoms with Crippen molar-refractivity contribution in [3.63, 3.8) is 0 Å². The van der Waals surface area contributed by atoms with Gasteiger partial charge in [0.25, 0.3) is 5.56 Å². The van der Waals surface area contributed by atoms with Crippen molar-refractivity contribution in [2.45, 2.75) is 31.8 Å². The number of benzene rings is 1. The molecule has 146 valence electrons. The van der Waals surface area contributed by atoms with Gasteiger partial charge in [-0.25, -0.2) is 4.98 Å². The second-order valence-electron chi connectivity index (χ2n) is 6.84. The number of nitrogens with two attached hydrogens (primary N) is 1. The summed E-state index contributed by atoms with van der Waals surface area (Å²) < 4.78 is 7.45. The zero-order chi connectivity index (χ0) is 18.9. The Morgan fingerprint density at radius 2 is 1.96 bits per heavy atom. The number of hydrogen-bond acceptors (Lipinski definition) is 6. The van der Waals surface area contributed by atoms with Crippen LogP contribution in [0.3, 0.4) is 0 Å². The summed E-state index contributed by atoms with van der Waals surface area (Å²) in [5.41, 5.74) is 5.47. The van der Waals surface area contributed by atoms with Crippen LogP contribution >= 0.6 is 0 Å². The summed E-state index contributed by atoms with van der Waals surface area (Å²) in [7, 11) is 0. The van der Waals surface area contributed by atoms with Crippen molar-refractivity contribution in [3.05, 3.63) is 53.1 Å². The number of piperidine rings is 1. The van der Waals surface area contributed by atoms with Gasteiger partial charge in [0.15, 0.2) is 5.82 Å². The molecule has 0 atom stereocenters. The molecule has 0 unspecified atom stereocenters. The number of aromatic nitrogens is 2. The lowest BCUT2D eigenvalue weighted by Crippen LogP contribution is -2.42. The molecule has 0 saturated carbocycles. The SMILES string of the molecule is NCCCn1ccnc(NC2CCN(CCOc3ccccc3)CC2)c1=O. The molecule has 0 spiro atoms. The highest BCUT2D eigenvalue weighted by Gasteiger charge is 2.20. The van der Waals surface area contributed by atoms with Crippen LogP contribution in [0, 0.1) is 0 Å². The number of nitrogens with zero attached hydrogens (tertiary/aromatic N) is 3. The molecule has 2 heterocycles. The monoisotopic (exact) mass is 371 g/mol. The largest absolute Gasteiger partial charge is 0.492 e. The first-order valence-electron chi connectivity index (χ1n) is 9.68. The highest BCUT2D eigenvalue weighted by atomic mass is 16.5. The highest BCUT2D eigenvalue weighted by Crippen LogP contribution is 2.14. The lowest BCUT2D eigenvalue weighted by Gasteiger charge is -2.32. The standard InChI is InChI=1S/C20H29N5O2/c21-9-4-11-25-14-10-22-19(20(25)26)23-17-7-12-24(13-8-17)15-16-27-18-5-2-1-3-6-18/h1-3,5-6,10,14,17H,4,7-9,11-13,15-16,21H2,(H,22,23). The van der Waals surface area contributed by atoms with Gasteiger partial charge in [-0.3, -0.25) is 9.69 Å². The van der Waals surface area contributed by atoms with Crippen LogP contribution in [0.2, 0.25) is 0 Å². The molecule has 1 saturated heterocycles. The lowest BCUT2D eigenvalue weighted by atomic mass is 10.1. The second-order valence-corrected chi connectivity index (χ2v) is 6.84. The van der Waals surface area contributed by atoms with Crippen LogP contribution in [-0.2, 0) is 6.54 Å². The fraction of sp³-hybridized carbons (Fsp3) is 0.500. The predicted molar refractivity (Wildman–Crippen MR) is 107 cm³/mol. The Bertz CT molecular complexity index is 742. The number of rotatable bonds is 9. The van der Waals surface area contributed by atoms with Crippen molar-refractivity contribution in [3.8, 4) is 5.75 Å². The van der Waals surface area contributed by atoms with Crippen LogP contribution in [0.1, 0.15) is 19.3 Å². The van der Waals surface area contributed by atoms with E-state index >= 15 is 0 Å². The molecule has 0 bridgehead atoms. The van der Waals surface area contributed by atoms with E-state index in [1.807, 2.05) is 30.3 Å². The van der Waals surface area contributed by atoms with Gasteiger partial charge in [0.1, 0.15) is 12.4 Å². The van der Waals surface area contributed by atoms with Crippen LogP contribution in [0.25, 0.3) is 0 Å². The van der Waals surface area contributed by atoms with Gasteiger partial charge in [0.2, 0.25) is 0 Å². The fourth-order valence-corrected chi connectivity index (χ4v) is 3.29. The van der Waals surface area contributed by atoms with Crippen LogP contribution < -0.4 is 21.3 Å². The maximum absolute atomic E-state index is 12.5. The van der Waals surface area contributed by atoms with Gasteiger partial charge in [-0.2, -0.15) is 0 Å². The molecular weight excluding hydrogens is 342 g/mol. The fourth-order valence-electron chi connectivity index (χ4n) is 3.29. The molecule has 27 heavy (non-hydrogen) atoms. The summed E-state index contributed by atoms with van der Waals surface area (Å²) in [5, 5.41) is 3.33. The van der Waals surface area contributed by atoms with E-state index in [9.17, 15) is 4.79 Å². The molecule has 0 amide bonds. The van der Waals surface area contributed by atoms with E-state index in [1.165, 1.54) is 0 Å². The first-order valence-corrected chi connectivity index (χ1v) is 9.68. The Morgan fingerprint density at radius 1 is 1.19 bits per heavy atom. The average molecular weight is 371 g/mol. The number of hydrogen-bond donors (Lipinski definition) is 2. The summed E-state index contributed by atoms with van der Waals surface area (Å²) in [6.45, 7) is 4.79. The van der Waals surface area contributed by atoms with E-state index in [4.69, 9.17) is 10.5 Å². The van der Waals surface area contributed by atoms with Gasteiger partial charge in [0, 0.05) is 44.6 Å². The second kappa shape index (κ2) is 10.1. The van der Waals surface area contributed by atoms with Crippen LogP contribution in [0.15, 0.2) is 47.5 Å². The molecule has 1 aromatic heterocycles. The molecular formula is C20H29N5O2. The van der Waals surface area contributed by atoms with Gasteiger partial charge < -0.3 is 20.4 Å². The molecule has 7 heteroatoms. The topological polar surface area (TPSA) is 85.4 Å². The van der Waals surface area contributed by atoms with Crippen molar-refractivity contribution in [1.29, 1.82) is 0 Å². The van der Waals surface area contributed by atoms with Crippen molar-refractivity contribution in [2.24, 2.45) is 5.73 Å². The first kappa shape index (κ1) is 19.4. The predicted octanol–water partition coefficient (Wildman–Crippen LogP) is 1.55. The Kier molecular flexibility index (Phi) is 7.24. The molecule has 0 aliphatic carbocycles. The number of aryl methyl sites for hydroxylation is 1. The summed E-state index contributed by atoms with van der Waals surface area (Å²) in [6.07, 6.45) is 6.16. The zero-order valence-corrected chi connectivity index (χ0v) is 15.7. The zero-order valence-electron chi connectivity index (χ0n) is 15.7. The van der Waals surface area contributed by atoms with E-state index in [-0.39, 0.29) is 11.6 Å². The number of likely N-dealkylation sites (tertiary alicyclic amines) is 1. The van der Waals surface area contributed by atoms with E-state index in [0.29, 0.717) is 25.5 Å². The normalized spacial score (nSPS) is 15.6. The van der Waals surface area contributed by atoms with Crippen molar-refractivity contribution in [2.75, 3.05) is 38.1 Å². The molecule has 3 rings (SSSR count). The van der Waals surface area contributed by atoms with E-state index in [2.05, 4.69) is 15.2 Å². The van der Waals surface area contributed by atoms with E-state index in [0.717, 1.165) is 44.6 Å². The van der Waals surface area contributed by atoms with Crippen molar-refractivity contribution >= 4 is 5.82 Å². The summed E-state index contributed by atoms with van der Waals surface area (Å²) >= 11 is 0. The minimum absolute atomic E-state index is 0.0651. The molecule has 0 radical (unpaired) electrons. The molecule has 2 aromatic rings. The number of ether oxygens (including phenoxy) is 1. The van der Waals surface area contributed by atoms with Crippen LogP contribution in [-0.4, -0.2) is 53.3 Å². The Balaban J connectivity index is 1.42. The first-order chi connectivity index (χ1) is 13.3. The third kappa shape index (κ3) is 5.80. The quantitative estimate of drug-likeness (QED) is 0.696. The lowest BCUT2D eigenvalue weighted by molar-refractivity contribution is 0.177. The third-order valence-corrected chi connectivity index (χ3v) is 4.86. The molecule has 1 fully saturated rings. The van der Waals surface area contributed by atoms with Gasteiger partial charge in [-0.1, -0.05) is 18.2 Å².